The van der Waals surface area contributed by atoms with Crippen molar-refractivity contribution in [1.82, 2.24) is 0 Å². The smallest absolute Gasteiger partial charge is 0.115 e. The van der Waals surface area contributed by atoms with Gasteiger partial charge in [-0.15, -0.1) is 0 Å². The normalized spacial score (nSPS) is 23.6. The summed E-state index contributed by atoms with van der Waals surface area (Å²) < 4.78 is 0. The van der Waals surface area contributed by atoms with Crippen molar-refractivity contribution in [2.75, 3.05) is 0 Å². The Morgan fingerprint density at radius 1 is 0.789 bits per heavy atom. The Kier molecular flexibility index (Phi) is 2.16. The van der Waals surface area contributed by atoms with Crippen LogP contribution in [0.4, 0.5) is 0 Å². The molecule has 0 aromatic heterocycles. The molecule has 0 heterocycles. The molecule has 2 nitrogen and oxygen atoms in total. The molecule has 2 aromatic carbocycles. The van der Waals surface area contributed by atoms with Crippen molar-refractivity contribution in [3.05, 3.63) is 58.7 Å². The molecule has 0 unspecified atom stereocenters. The molecule has 0 amide bonds. The first-order valence-corrected chi connectivity index (χ1v) is 6.86. The molecular formula is C17H16O2. The van der Waals surface area contributed by atoms with Crippen LogP contribution in [0.5, 0.6) is 11.5 Å². The van der Waals surface area contributed by atoms with E-state index in [1.807, 2.05) is 12.1 Å². The van der Waals surface area contributed by atoms with Gasteiger partial charge in [-0.25, -0.2) is 0 Å². The van der Waals surface area contributed by atoms with Crippen LogP contribution < -0.4 is 0 Å². The van der Waals surface area contributed by atoms with E-state index in [0.717, 1.165) is 19.3 Å². The van der Waals surface area contributed by atoms with Crippen LogP contribution in [0, 0.1) is 0 Å². The van der Waals surface area contributed by atoms with Gasteiger partial charge in [0.15, 0.2) is 0 Å². The predicted octanol–water partition coefficient (Wildman–Crippen LogP) is 3.47. The van der Waals surface area contributed by atoms with Gasteiger partial charge in [0.25, 0.3) is 0 Å². The quantitative estimate of drug-likeness (QED) is 0.753. The number of aromatic hydroxyl groups is 2. The number of aryl methyl sites for hydroxylation is 1. The monoisotopic (exact) mass is 252 g/mol. The number of phenolic OH excluding ortho intramolecular Hbond substituents is 2. The molecule has 96 valence electrons. The van der Waals surface area contributed by atoms with Gasteiger partial charge in [0.1, 0.15) is 11.5 Å². The maximum Gasteiger partial charge on any atom is 0.115 e. The number of fused-ring (bicyclic) bond motifs is 5. The van der Waals surface area contributed by atoms with Crippen molar-refractivity contribution in [3.8, 4) is 11.5 Å². The minimum atomic E-state index is 0.364. The van der Waals surface area contributed by atoms with Crippen molar-refractivity contribution < 1.29 is 10.2 Å². The lowest BCUT2D eigenvalue weighted by Gasteiger charge is -2.29. The topological polar surface area (TPSA) is 40.5 Å². The molecule has 2 heteroatoms. The zero-order chi connectivity index (χ0) is 13.0. The summed E-state index contributed by atoms with van der Waals surface area (Å²) in [5.41, 5.74) is 5.36. The summed E-state index contributed by atoms with van der Waals surface area (Å²) in [6, 6.07) is 11.6. The van der Waals surface area contributed by atoms with Crippen LogP contribution >= 0.6 is 0 Å². The van der Waals surface area contributed by atoms with Crippen LogP contribution in [0.3, 0.4) is 0 Å². The lowest BCUT2D eigenvalue weighted by molar-refractivity contribution is 0.467. The lowest BCUT2D eigenvalue weighted by atomic mass is 9.75. The second-order valence-corrected chi connectivity index (χ2v) is 5.72. The molecule has 2 aliphatic carbocycles. The van der Waals surface area contributed by atoms with Crippen LogP contribution in [0.15, 0.2) is 36.4 Å². The second kappa shape index (κ2) is 3.77. The summed E-state index contributed by atoms with van der Waals surface area (Å²) in [5, 5.41) is 19.2. The Morgan fingerprint density at radius 3 is 2.16 bits per heavy atom. The molecule has 2 N–H and O–H groups in total. The first-order valence-electron chi connectivity index (χ1n) is 6.86. The standard InChI is InChI=1S/C17H16O2/c18-12-2-5-14-10(7-12)1-4-16-15-6-3-13(19)8-11(15)9-17(14)16/h2-3,5-8,16-19H,1,4,9H2/t16-,17-/m1/s1. The van der Waals surface area contributed by atoms with Crippen molar-refractivity contribution in [1.29, 1.82) is 0 Å². The summed E-state index contributed by atoms with van der Waals surface area (Å²) in [6.45, 7) is 0. The minimum absolute atomic E-state index is 0.364. The Hall–Kier alpha value is -1.96. The van der Waals surface area contributed by atoms with Crippen LogP contribution in [0.2, 0.25) is 0 Å². The summed E-state index contributed by atoms with van der Waals surface area (Å²) in [6.07, 6.45) is 3.18. The van der Waals surface area contributed by atoms with E-state index in [1.54, 1.807) is 12.1 Å². The van der Waals surface area contributed by atoms with Gasteiger partial charge in [0.05, 0.1) is 0 Å². The highest BCUT2D eigenvalue weighted by atomic mass is 16.3. The predicted molar refractivity (Wildman–Crippen MR) is 73.7 cm³/mol. The molecule has 4 rings (SSSR count). The fraction of sp³-hybridized carbons (Fsp3) is 0.294. The highest BCUT2D eigenvalue weighted by Gasteiger charge is 2.37. The van der Waals surface area contributed by atoms with E-state index >= 15 is 0 Å². The maximum absolute atomic E-state index is 9.63. The summed E-state index contributed by atoms with van der Waals surface area (Å²) in [4.78, 5) is 0. The van der Waals surface area contributed by atoms with Crippen molar-refractivity contribution >= 4 is 0 Å². The molecule has 2 aromatic rings. The van der Waals surface area contributed by atoms with Gasteiger partial charge < -0.3 is 10.2 Å². The number of hydrogen-bond acceptors (Lipinski definition) is 2. The fourth-order valence-electron chi connectivity index (χ4n) is 3.89. The van der Waals surface area contributed by atoms with Gasteiger partial charge in [-0.1, -0.05) is 12.1 Å². The van der Waals surface area contributed by atoms with Crippen molar-refractivity contribution in [2.24, 2.45) is 0 Å². The molecule has 0 bridgehead atoms. The number of hydrogen-bond donors (Lipinski definition) is 2. The number of rotatable bonds is 0. The third-order valence-corrected chi connectivity index (χ3v) is 4.70. The van der Waals surface area contributed by atoms with E-state index in [9.17, 15) is 10.2 Å². The Bertz CT molecular complexity index is 660. The molecule has 0 radical (unpaired) electrons. The van der Waals surface area contributed by atoms with Crippen LogP contribution in [0.25, 0.3) is 0 Å². The van der Waals surface area contributed by atoms with Crippen LogP contribution in [-0.2, 0) is 12.8 Å². The molecular weight excluding hydrogens is 236 g/mol. The first-order chi connectivity index (χ1) is 9.22. The van der Waals surface area contributed by atoms with E-state index in [-0.39, 0.29) is 0 Å². The Labute approximate surface area is 112 Å². The number of benzene rings is 2. The van der Waals surface area contributed by atoms with E-state index in [0.29, 0.717) is 23.3 Å². The van der Waals surface area contributed by atoms with Crippen molar-refractivity contribution in [2.45, 2.75) is 31.1 Å². The van der Waals surface area contributed by atoms with Gasteiger partial charge in [-0.05, 0) is 77.6 Å². The third-order valence-electron chi connectivity index (χ3n) is 4.70. The Balaban J connectivity index is 1.81. The number of phenols is 2. The van der Waals surface area contributed by atoms with E-state index < -0.39 is 0 Å². The van der Waals surface area contributed by atoms with Crippen LogP contribution in [0.1, 0.15) is 40.5 Å². The highest BCUT2D eigenvalue weighted by molar-refractivity contribution is 5.49. The third kappa shape index (κ3) is 1.56. The molecule has 0 saturated carbocycles. The summed E-state index contributed by atoms with van der Waals surface area (Å²) in [5.74, 6) is 1.82. The van der Waals surface area contributed by atoms with E-state index in [2.05, 4.69) is 12.1 Å². The van der Waals surface area contributed by atoms with Gasteiger partial charge in [-0.2, -0.15) is 0 Å². The second-order valence-electron chi connectivity index (χ2n) is 5.72. The fourth-order valence-corrected chi connectivity index (χ4v) is 3.89. The molecule has 0 fully saturated rings. The van der Waals surface area contributed by atoms with E-state index in [1.165, 1.54) is 22.3 Å². The molecule has 0 spiro atoms. The van der Waals surface area contributed by atoms with Crippen molar-refractivity contribution in [3.63, 3.8) is 0 Å². The lowest BCUT2D eigenvalue weighted by Crippen LogP contribution is -2.15. The first kappa shape index (κ1) is 10.9. The van der Waals surface area contributed by atoms with Gasteiger partial charge in [0.2, 0.25) is 0 Å². The zero-order valence-corrected chi connectivity index (χ0v) is 10.6. The average molecular weight is 252 g/mol. The van der Waals surface area contributed by atoms with Crippen LogP contribution in [-0.4, -0.2) is 10.2 Å². The van der Waals surface area contributed by atoms with Gasteiger partial charge in [0, 0.05) is 0 Å². The van der Waals surface area contributed by atoms with Gasteiger partial charge >= 0.3 is 0 Å². The highest BCUT2D eigenvalue weighted by Crippen LogP contribution is 2.51. The van der Waals surface area contributed by atoms with Gasteiger partial charge in [-0.3, -0.25) is 0 Å². The SMILES string of the molecule is Oc1ccc2c(c1)C[C@@H]1c3ccc(O)cc3CC[C@H]21. The molecule has 2 aliphatic rings. The molecule has 0 aliphatic heterocycles. The Morgan fingerprint density at radius 2 is 1.42 bits per heavy atom. The zero-order valence-electron chi connectivity index (χ0n) is 10.6. The molecule has 19 heavy (non-hydrogen) atoms. The maximum atomic E-state index is 9.63. The van der Waals surface area contributed by atoms with E-state index in [4.69, 9.17) is 0 Å². The average Bonchev–Trinajstić information content (AvgIpc) is 2.75. The summed E-state index contributed by atoms with van der Waals surface area (Å²) in [7, 11) is 0. The largest absolute Gasteiger partial charge is 0.508 e. The molecule has 2 atom stereocenters. The molecule has 0 saturated heterocycles. The minimum Gasteiger partial charge on any atom is -0.508 e. The summed E-state index contributed by atoms with van der Waals surface area (Å²) >= 11 is 0.